The average molecular weight is 473 g/mol. The number of hydrogen-bond donors (Lipinski definition) is 2. The molecule has 0 aliphatic rings. The van der Waals surface area contributed by atoms with E-state index in [-0.39, 0.29) is 16.2 Å². The molecular weight excluding hydrogens is 456 g/mol. The van der Waals surface area contributed by atoms with Crippen LogP contribution in [0.5, 0.6) is 0 Å². The Balaban J connectivity index is 1.78. The summed E-state index contributed by atoms with van der Waals surface area (Å²) in [6.07, 6.45) is 0. The van der Waals surface area contributed by atoms with E-state index < -0.39 is 15.9 Å². The number of Topliss-reactive ketones (excluding diaryl/α,β-unsaturated/α-hetero) is 1. The molecule has 0 aliphatic carbocycles. The van der Waals surface area contributed by atoms with Gasteiger partial charge in [0.2, 0.25) is 0 Å². The zero-order valence-electron chi connectivity index (χ0n) is 15.3. The minimum Gasteiger partial charge on any atom is -0.322 e. The van der Waals surface area contributed by atoms with Gasteiger partial charge in [-0.3, -0.25) is 14.3 Å². The van der Waals surface area contributed by atoms with E-state index in [0.29, 0.717) is 16.9 Å². The molecular formula is C21H17BrN2O4S. The number of benzene rings is 3. The van der Waals surface area contributed by atoms with Gasteiger partial charge in [-0.25, -0.2) is 8.42 Å². The molecule has 0 aromatic heterocycles. The van der Waals surface area contributed by atoms with Crippen molar-refractivity contribution in [1.82, 2.24) is 0 Å². The first kappa shape index (κ1) is 20.8. The van der Waals surface area contributed by atoms with Crippen molar-refractivity contribution in [2.24, 2.45) is 0 Å². The molecule has 29 heavy (non-hydrogen) atoms. The summed E-state index contributed by atoms with van der Waals surface area (Å²) in [5, 5.41) is 2.72. The topological polar surface area (TPSA) is 92.3 Å². The van der Waals surface area contributed by atoms with E-state index in [1.807, 2.05) is 0 Å². The number of amides is 1. The number of carbonyl (C=O) groups excluding carboxylic acids is 2. The summed E-state index contributed by atoms with van der Waals surface area (Å²) in [5.41, 5.74) is 1.61. The Kier molecular flexibility index (Phi) is 6.14. The van der Waals surface area contributed by atoms with E-state index in [4.69, 9.17) is 0 Å². The molecule has 2 N–H and O–H groups in total. The van der Waals surface area contributed by atoms with Gasteiger partial charge in [0, 0.05) is 27.0 Å². The number of hydrogen-bond acceptors (Lipinski definition) is 4. The molecule has 0 aliphatic heterocycles. The van der Waals surface area contributed by atoms with E-state index in [1.54, 1.807) is 36.4 Å². The number of halogens is 1. The lowest BCUT2D eigenvalue weighted by atomic mass is 10.1. The van der Waals surface area contributed by atoms with Crippen LogP contribution in [0.3, 0.4) is 0 Å². The van der Waals surface area contributed by atoms with Gasteiger partial charge in [0.1, 0.15) is 0 Å². The molecule has 8 heteroatoms. The molecule has 0 heterocycles. The van der Waals surface area contributed by atoms with E-state index in [1.165, 1.54) is 43.3 Å². The number of carbonyl (C=O) groups is 2. The highest BCUT2D eigenvalue weighted by molar-refractivity contribution is 9.10. The predicted molar refractivity (Wildman–Crippen MR) is 116 cm³/mol. The van der Waals surface area contributed by atoms with Gasteiger partial charge in [-0.2, -0.15) is 0 Å². The maximum absolute atomic E-state index is 12.7. The Hall–Kier alpha value is -2.97. The smallest absolute Gasteiger partial charge is 0.261 e. The van der Waals surface area contributed by atoms with Crippen LogP contribution in [0.4, 0.5) is 11.4 Å². The Morgan fingerprint density at radius 3 is 2.07 bits per heavy atom. The molecule has 0 radical (unpaired) electrons. The van der Waals surface area contributed by atoms with Crippen molar-refractivity contribution in [3.63, 3.8) is 0 Å². The van der Waals surface area contributed by atoms with E-state index in [9.17, 15) is 18.0 Å². The van der Waals surface area contributed by atoms with Crippen LogP contribution >= 0.6 is 15.9 Å². The number of rotatable bonds is 6. The van der Waals surface area contributed by atoms with Gasteiger partial charge in [0.25, 0.3) is 15.9 Å². The molecule has 3 rings (SSSR count). The third-order valence-electron chi connectivity index (χ3n) is 4.05. The molecule has 0 unspecified atom stereocenters. The van der Waals surface area contributed by atoms with Gasteiger partial charge in [0.05, 0.1) is 4.90 Å². The predicted octanol–water partition coefficient (Wildman–Crippen LogP) is 4.70. The summed E-state index contributed by atoms with van der Waals surface area (Å²) < 4.78 is 28.7. The minimum absolute atomic E-state index is 0.0448. The van der Waals surface area contributed by atoms with Crippen LogP contribution in [0, 0.1) is 0 Å². The van der Waals surface area contributed by atoms with Gasteiger partial charge in [-0.15, -0.1) is 0 Å². The molecule has 3 aromatic rings. The summed E-state index contributed by atoms with van der Waals surface area (Å²) in [4.78, 5) is 23.8. The van der Waals surface area contributed by atoms with E-state index in [0.717, 1.165) is 4.47 Å². The molecule has 0 saturated heterocycles. The average Bonchev–Trinajstić information content (AvgIpc) is 2.70. The molecule has 148 valence electrons. The number of anilines is 2. The Morgan fingerprint density at radius 1 is 0.828 bits per heavy atom. The fourth-order valence-electron chi connectivity index (χ4n) is 2.53. The normalized spacial score (nSPS) is 11.0. The van der Waals surface area contributed by atoms with Crippen LogP contribution < -0.4 is 10.0 Å². The van der Waals surface area contributed by atoms with E-state index in [2.05, 4.69) is 26.0 Å². The zero-order chi connectivity index (χ0) is 21.0. The minimum atomic E-state index is -3.90. The van der Waals surface area contributed by atoms with Gasteiger partial charge in [-0.1, -0.05) is 22.0 Å². The molecule has 0 saturated carbocycles. The SMILES string of the molecule is CC(=O)c1ccc(NS(=O)(=O)c2cccc(C(=O)Nc3ccc(Br)cc3)c2)cc1. The molecule has 0 atom stereocenters. The monoisotopic (exact) mass is 472 g/mol. The maximum atomic E-state index is 12.7. The van der Waals surface area contributed by atoms with Crippen LogP contribution in [0.25, 0.3) is 0 Å². The third kappa shape index (κ3) is 5.30. The Labute approximate surface area is 177 Å². The molecule has 3 aromatic carbocycles. The van der Waals surface area contributed by atoms with E-state index >= 15 is 0 Å². The first-order chi connectivity index (χ1) is 13.7. The number of sulfonamides is 1. The van der Waals surface area contributed by atoms with Crippen LogP contribution in [0.2, 0.25) is 0 Å². The van der Waals surface area contributed by atoms with Crippen molar-refractivity contribution in [2.45, 2.75) is 11.8 Å². The summed E-state index contributed by atoms with van der Waals surface area (Å²) >= 11 is 3.32. The lowest BCUT2D eigenvalue weighted by Gasteiger charge is -2.10. The molecule has 0 bridgehead atoms. The van der Waals surface area contributed by atoms with Crippen LogP contribution in [0.15, 0.2) is 82.2 Å². The molecule has 6 nitrogen and oxygen atoms in total. The van der Waals surface area contributed by atoms with Crippen molar-refractivity contribution in [3.8, 4) is 0 Å². The second kappa shape index (κ2) is 8.59. The van der Waals surface area contributed by atoms with Crippen molar-refractivity contribution < 1.29 is 18.0 Å². The first-order valence-corrected chi connectivity index (χ1v) is 10.8. The van der Waals surface area contributed by atoms with Gasteiger partial charge < -0.3 is 5.32 Å². The summed E-state index contributed by atoms with van der Waals surface area (Å²) in [6, 6.07) is 18.9. The summed E-state index contributed by atoms with van der Waals surface area (Å²) in [5.74, 6) is -0.529. The van der Waals surface area contributed by atoms with Crippen molar-refractivity contribution in [3.05, 3.63) is 88.4 Å². The fourth-order valence-corrected chi connectivity index (χ4v) is 3.90. The number of nitrogens with one attached hydrogen (secondary N) is 2. The lowest BCUT2D eigenvalue weighted by molar-refractivity contribution is 0.101. The van der Waals surface area contributed by atoms with Crippen LogP contribution in [-0.4, -0.2) is 20.1 Å². The van der Waals surface area contributed by atoms with Crippen molar-refractivity contribution in [2.75, 3.05) is 10.0 Å². The lowest BCUT2D eigenvalue weighted by Crippen LogP contribution is -2.16. The van der Waals surface area contributed by atoms with Crippen LogP contribution in [-0.2, 0) is 10.0 Å². The standard InChI is InChI=1S/C21H17BrN2O4S/c1-14(25)15-5-9-19(10-6-15)24-29(27,28)20-4-2-3-16(13-20)21(26)23-18-11-7-17(22)8-12-18/h2-13,24H,1H3,(H,23,26). The molecule has 1 amide bonds. The molecule has 0 fully saturated rings. The zero-order valence-corrected chi connectivity index (χ0v) is 17.7. The van der Waals surface area contributed by atoms with Crippen molar-refractivity contribution in [1.29, 1.82) is 0 Å². The second-order valence-electron chi connectivity index (χ2n) is 6.23. The highest BCUT2D eigenvalue weighted by Gasteiger charge is 2.17. The maximum Gasteiger partial charge on any atom is 0.261 e. The fraction of sp³-hybridized carbons (Fsp3) is 0.0476. The number of ketones is 1. The summed E-state index contributed by atoms with van der Waals surface area (Å²) in [7, 11) is -3.90. The third-order valence-corrected chi connectivity index (χ3v) is 5.96. The highest BCUT2D eigenvalue weighted by atomic mass is 79.9. The van der Waals surface area contributed by atoms with Crippen LogP contribution in [0.1, 0.15) is 27.6 Å². The Bertz CT molecular complexity index is 1160. The second-order valence-corrected chi connectivity index (χ2v) is 8.83. The quantitative estimate of drug-likeness (QED) is 0.508. The van der Waals surface area contributed by atoms with Gasteiger partial charge in [0.15, 0.2) is 5.78 Å². The molecule has 0 spiro atoms. The largest absolute Gasteiger partial charge is 0.322 e. The van der Waals surface area contributed by atoms with Gasteiger partial charge >= 0.3 is 0 Å². The van der Waals surface area contributed by atoms with Crippen molar-refractivity contribution >= 4 is 49.0 Å². The van der Waals surface area contributed by atoms with Gasteiger partial charge in [-0.05, 0) is 73.7 Å². The summed E-state index contributed by atoms with van der Waals surface area (Å²) in [6.45, 7) is 1.43. The Morgan fingerprint density at radius 2 is 1.45 bits per heavy atom. The highest BCUT2D eigenvalue weighted by Crippen LogP contribution is 2.19. The first-order valence-electron chi connectivity index (χ1n) is 8.55.